The highest BCUT2D eigenvalue weighted by Gasteiger charge is 2.35. The Bertz CT molecular complexity index is 583. The van der Waals surface area contributed by atoms with Gasteiger partial charge in [-0.3, -0.25) is 9.69 Å². The number of hydrogen-bond acceptors (Lipinski definition) is 4. The van der Waals surface area contributed by atoms with Gasteiger partial charge < -0.3 is 9.47 Å². The van der Waals surface area contributed by atoms with Crippen molar-refractivity contribution in [3.05, 3.63) is 34.9 Å². The minimum atomic E-state index is -0.639. The Labute approximate surface area is 137 Å². The minimum absolute atomic E-state index is 0.109. The fraction of sp³-hybridized carbons (Fsp3) is 0.556. The molecule has 1 aromatic carbocycles. The van der Waals surface area contributed by atoms with Crippen LogP contribution in [0.2, 0.25) is 0 Å². The van der Waals surface area contributed by atoms with Crippen molar-refractivity contribution >= 4 is 11.9 Å². The lowest BCUT2D eigenvalue weighted by atomic mass is 9.99. The number of carbonyl (C=O) groups is 2. The topological polar surface area (TPSA) is 55.8 Å². The predicted molar refractivity (Wildman–Crippen MR) is 87.8 cm³/mol. The molecular formula is C18H25NO4. The first kappa shape index (κ1) is 17.5. The summed E-state index contributed by atoms with van der Waals surface area (Å²) in [5.41, 5.74) is 2.05. The molecule has 1 aliphatic heterocycles. The summed E-state index contributed by atoms with van der Waals surface area (Å²) in [7, 11) is 0. The molecule has 0 radical (unpaired) electrons. The third-order valence-electron chi connectivity index (χ3n) is 3.57. The number of ether oxygens (including phenoxy) is 2. The number of aryl methyl sites for hydroxylation is 2. The van der Waals surface area contributed by atoms with Crippen molar-refractivity contribution in [1.29, 1.82) is 0 Å². The fourth-order valence-electron chi connectivity index (χ4n) is 2.67. The highest BCUT2D eigenvalue weighted by molar-refractivity contribution is 6.02. The van der Waals surface area contributed by atoms with Gasteiger partial charge in [-0.05, 0) is 46.8 Å². The van der Waals surface area contributed by atoms with E-state index in [0.717, 1.165) is 11.1 Å². The average Bonchev–Trinajstić information content (AvgIpc) is 2.43. The zero-order chi connectivity index (χ0) is 17.2. The van der Waals surface area contributed by atoms with Crippen molar-refractivity contribution in [3.8, 4) is 0 Å². The molecule has 0 aromatic heterocycles. The summed E-state index contributed by atoms with van der Waals surface area (Å²) >= 11 is 0. The number of morpholine rings is 1. The molecule has 1 amide bonds. The van der Waals surface area contributed by atoms with Crippen LogP contribution in [0.5, 0.6) is 0 Å². The standard InChI is InChI=1S/C18H25NO4/c1-12-8-13(2)10-14(9-12)16(20)15-11-22-7-6-19(15)17(21)23-18(3,4)5/h8-10,15H,6-7,11H2,1-5H3. The number of ketones is 1. The lowest BCUT2D eigenvalue weighted by Crippen LogP contribution is -2.53. The van der Waals surface area contributed by atoms with Gasteiger partial charge in [-0.2, -0.15) is 0 Å². The zero-order valence-electron chi connectivity index (χ0n) is 14.5. The largest absolute Gasteiger partial charge is 0.444 e. The summed E-state index contributed by atoms with van der Waals surface area (Å²) in [6.45, 7) is 10.3. The van der Waals surface area contributed by atoms with Crippen molar-refractivity contribution in [1.82, 2.24) is 4.90 Å². The van der Waals surface area contributed by atoms with E-state index in [9.17, 15) is 9.59 Å². The number of nitrogens with zero attached hydrogens (tertiary/aromatic N) is 1. The third-order valence-corrected chi connectivity index (χ3v) is 3.57. The maximum absolute atomic E-state index is 12.9. The van der Waals surface area contributed by atoms with E-state index in [0.29, 0.717) is 18.7 Å². The van der Waals surface area contributed by atoms with E-state index in [4.69, 9.17) is 9.47 Å². The highest BCUT2D eigenvalue weighted by Crippen LogP contribution is 2.19. The van der Waals surface area contributed by atoms with E-state index < -0.39 is 17.7 Å². The molecule has 0 N–H and O–H groups in total. The number of benzene rings is 1. The van der Waals surface area contributed by atoms with E-state index in [1.165, 1.54) is 4.90 Å². The Morgan fingerprint density at radius 3 is 2.35 bits per heavy atom. The van der Waals surface area contributed by atoms with Crippen LogP contribution < -0.4 is 0 Å². The van der Waals surface area contributed by atoms with Gasteiger partial charge in [0.05, 0.1) is 13.2 Å². The Kier molecular flexibility index (Phi) is 5.09. The molecule has 5 nitrogen and oxygen atoms in total. The van der Waals surface area contributed by atoms with E-state index in [1.807, 2.05) is 52.8 Å². The highest BCUT2D eigenvalue weighted by atomic mass is 16.6. The van der Waals surface area contributed by atoms with Crippen molar-refractivity contribution in [3.63, 3.8) is 0 Å². The van der Waals surface area contributed by atoms with Crippen LogP contribution in [0.1, 0.15) is 42.3 Å². The predicted octanol–water partition coefficient (Wildman–Crippen LogP) is 3.12. The molecule has 0 saturated carbocycles. The molecule has 23 heavy (non-hydrogen) atoms. The Morgan fingerprint density at radius 2 is 1.78 bits per heavy atom. The summed E-state index contributed by atoms with van der Waals surface area (Å²) in [6, 6.07) is 5.06. The lowest BCUT2D eigenvalue weighted by Gasteiger charge is -2.35. The van der Waals surface area contributed by atoms with E-state index in [1.54, 1.807) is 0 Å². The van der Waals surface area contributed by atoms with Crippen LogP contribution in [0.15, 0.2) is 18.2 Å². The number of amides is 1. The first-order valence-corrected chi connectivity index (χ1v) is 7.87. The van der Waals surface area contributed by atoms with Gasteiger partial charge in [0.15, 0.2) is 5.78 Å². The summed E-state index contributed by atoms with van der Waals surface area (Å²) in [5, 5.41) is 0. The Balaban J connectivity index is 2.23. The van der Waals surface area contributed by atoms with Gasteiger partial charge in [0.2, 0.25) is 0 Å². The number of hydrogen-bond donors (Lipinski definition) is 0. The maximum Gasteiger partial charge on any atom is 0.411 e. The van der Waals surface area contributed by atoms with E-state index in [-0.39, 0.29) is 12.4 Å². The first-order valence-electron chi connectivity index (χ1n) is 7.87. The van der Waals surface area contributed by atoms with Gasteiger partial charge in [0.1, 0.15) is 11.6 Å². The molecule has 5 heteroatoms. The zero-order valence-corrected chi connectivity index (χ0v) is 14.5. The van der Waals surface area contributed by atoms with Gasteiger partial charge in [0.25, 0.3) is 0 Å². The second-order valence-electron chi connectivity index (χ2n) is 7.01. The molecular weight excluding hydrogens is 294 g/mol. The van der Waals surface area contributed by atoms with Gasteiger partial charge >= 0.3 is 6.09 Å². The fourth-order valence-corrected chi connectivity index (χ4v) is 2.67. The van der Waals surface area contributed by atoms with Gasteiger partial charge in [0, 0.05) is 12.1 Å². The molecule has 1 saturated heterocycles. The second-order valence-corrected chi connectivity index (χ2v) is 7.01. The number of rotatable bonds is 2. The normalized spacial score (nSPS) is 18.7. The molecule has 1 heterocycles. The molecule has 0 spiro atoms. The maximum atomic E-state index is 12.9. The molecule has 0 aliphatic carbocycles. The van der Waals surface area contributed by atoms with Gasteiger partial charge in [-0.1, -0.05) is 17.2 Å². The third kappa shape index (κ3) is 4.55. The SMILES string of the molecule is Cc1cc(C)cc(C(=O)C2COCCN2C(=O)OC(C)(C)C)c1. The van der Waals surface area contributed by atoms with E-state index in [2.05, 4.69) is 0 Å². The van der Waals surface area contributed by atoms with Crippen LogP contribution >= 0.6 is 0 Å². The number of carbonyl (C=O) groups excluding carboxylic acids is 2. The molecule has 1 atom stereocenters. The van der Waals surface area contributed by atoms with Crippen molar-refractivity contribution < 1.29 is 19.1 Å². The Hall–Kier alpha value is -1.88. The van der Waals surface area contributed by atoms with E-state index >= 15 is 0 Å². The van der Waals surface area contributed by atoms with Crippen LogP contribution in [-0.2, 0) is 9.47 Å². The summed E-state index contributed by atoms with van der Waals surface area (Å²) in [4.78, 5) is 26.7. The van der Waals surface area contributed by atoms with Crippen molar-refractivity contribution in [2.24, 2.45) is 0 Å². The molecule has 1 aliphatic rings. The summed E-state index contributed by atoms with van der Waals surface area (Å²) in [5.74, 6) is -0.109. The van der Waals surface area contributed by atoms with Crippen molar-refractivity contribution in [2.45, 2.75) is 46.3 Å². The lowest BCUT2D eigenvalue weighted by molar-refractivity contribution is -0.0265. The summed E-state index contributed by atoms with van der Waals surface area (Å²) < 4.78 is 10.8. The van der Waals surface area contributed by atoms with Gasteiger partial charge in [-0.25, -0.2) is 4.79 Å². The number of Topliss-reactive ketones (excluding diaryl/α,β-unsaturated/α-hetero) is 1. The van der Waals surface area contributed by atoms with Crippen LogP contribution in [0.25, 0.3) is 0 Å². The van der Waals surface area contributed by atoms with Crippen LogP contribution in [0.4, 0.5) is 4.79 Å². The quantitative estimate of drug-likeness (QED) is 0.786. The first-order chi connectivity index (χ1) is 10.7. The second kappa shape index (κ2) is 6.71. The smallest absolute Gasteiger partial charge is 0.411 e. The van der Waals surface area contributed by atoms with Crippen LogP contribution in [0, 0.1) is 13.8 Å². The molecule has 0 bridgehead atoms. The average molecular weight is 319 g/mol. The van der Waals surface area contributed by atoms with Gasteiger partial charge in [-0.15, -0.1) is 0 Å². The monoisotopic (exact) mass is 319 g/mol. The molecule has 1 unspecified atom stereocenters. The molecule has 2 rings (SSSR count). The molecule has 1 fully saturated rings. The van der Waals surface area contributed by atoms with Crippen molar-refractivity contribution in [2.75, 3.05) is 19.8 Å². The van der Waals surface area contributed by atoms with Crippen LogP contribution in [-0.4, -0.2) is 48.2 Å². The summed E-state index contributed by atoms with van der Waals surface area (Å²) in [6.07, 6.45) is -0.469. The molecule has 126 valence electrons. The molecule has 1 aromatic rings. The van der Waals surface area contributed by atoms with Crippen LogP contribution in [0.3, 0.4) is 0 Å². The Morgan fingerprint density at radius 1 is 1.17 bits per heavy atom. The minimum Gasteiger partial charge on any atom is -0.444 e.